The Balaban J connectivity index is 2.24. The molecule has 1 aliphatic rings. The van der Waals surface area contributed by atoms with Gasteiger partial charge in [0.1, 0.15) is 0 Å². The number of hydrogen-bond donors (Lipinski definition) is 0. The van der Waals surface area contributed by atoms with Crippen LogP contribution in [0, 0.1) is 10.1 Å². The molecule has 0 amide bonds. The third-order valence-electron chi connectivity index (χ3n) is 3.95. The third kappa shape index (κ3) is 2.95. The molecule has 2 atom stereocenters. The molecule has 0 bridgehead atoms. The van der Waals surface area contributed by atoms with Crippen LogP contribution in [0.5, 0.6) is 0 Å². The Bertz CT molecular complexity index is 462. The van der Waals surface area contributed by atoms with Crippen molar-refractivity contribution in [2.45, 2.75) is 38.1 Å². The second kappa shape index (κ2) is 4.93. The molecule has 2 unspecified atom stereocenters. The van der Waals surface area contributed by atoms with Gasteiger partial charge in [-0.15, -0.1) is 0 Å². The number of likely N-dealkylation sites (N-methyl/N-ethyl adjacent to an activating group) is 1. The highest BCUT2D eigenvalue weighted by Crippen LogP contribution is 2.30. The van der Waals surface area contributed by atoms with Gasteiger partial charge in [-0.05, 0) is 23.6 Å². The molecule has 1 heterocycles. The Hall–Kier alpha value is -1.42. The molecule has 19 heavy (non-hydrogen) atoms. The number of nitro groups is 1. The monoisotopic (exact) mass is 262 g/mol. The Morgan fingerprint density at radius 1 is 1.21 bits per heavy atom. The number of likely N-dealkylation sites (tertiary alicyclic amines) is 1. The van der Waals surface area contributed by atoms with E-state index in [4.69, 9.17) is 0 Å². The van der Waals surface area contributed by atoms with Crippen molar-refractivity contribution >= 4 is 0 Å². The zero-order valence-corrected chi connectivity index (χ0v) is 12.1. The molecule has 1 aliphatic heterocycles. The molecule has 0 saturated carbocycles. The zero-order chi connectivity index (χ0) is 14.2. The van der Waals surface area contributed by atoms with Gasteiger partial charge < -0.3 is 0 Å². The molecular formula is C15H22N2O2. The molecular weight excluding hydrogens is 240 g/mol. The van der Waals surface area contributed by atoms with Crippen LogP contribution in [0.3, 0.4) is 0 Å². The van der Waals surface area contributed by atoms with E-state index in [2.05, 4.69) is 45.0 Å². The summed E-state index contributed by atoms with van der Waals surface area (Å²) in [6.07, 6.45) is 0. The van der Waals surface area contributed by atoms with Gasteiger partial charge in [0, 0.05) is 11.5 Å². The standard InChI is InChI=1S/C15H22N2O2/c1-15(2,3)12-7-5-11(6-8-12)13-9-16(4)10-14(13)17(18)19/h5-8,13-14H,9-10H2,1-4H3. The summed E-state index contributed by atoms with van der Waals surface area (Å²) in [7, 11) is 1.94. The van der Waals surface area contributed by atoms with Crippen molar-refractivity contribution < 1.29 is 4.92 Å². The number of rotatable bonds is 2. The largest absolute Gasteiger partial charge is 0.299 e. The van der Waals surface area contributed by atoms with Gasteiger partial charge in [-0.3, -0.25) is 15.0 Å². The average molecular weight is 262 g/mol. The van der Waals surface area contributed by atoms with Crippen molar-refractivity contribution in [2.75, 3.05) is 20.1 Å². The van der Waals surface area contributed by atoms with Gasteiger partial charge >= 0.3 is 0 Å². The summed E-state index contributed by atoms with van der Waals surface area (Å²) in [5.41, 5.74) is 2.47. The maximum atomic E-state index is 11.1. The van der Waals surface area contributed by atoms with Crippen molar-refractivity contribution in [1.82, 2.24) is 4.90 Å². The van der Waals surface area contributed by atoms with Gasteiger partial charge in [0.2, 0.25) is 6.04 Å². The van der Waals surface area contributed by atoms with E-state index in [0.717, 1.165) is 12.1 Å². The quantitative estimate of drug-likeness (QED) is 0.608. The van der Waals surface area contributed by atoms with Crippen LogP contribution in [0.1, 0.15) is 37.8 Å². The van der Waals surface area contributed by atoms with E-state index in [-0.39, 0.29) is 16.3 Å². The van der Waals surface area contributed by atoms with Crippen molar-refractivity contribution in [3.05, 3.63) is 45.5 Å². The molecule has 0 spiro atoms. The Labute approximate surface area is 114 Å². The third-order valence-corrected chi connectivity index (χ3v) is 3.95. The highest BCUT2D eigenvalue weighted by molar-refractivity contribution is 5.31. The predicted molar refractivity (Wildman–Crippen MR) is 76.2 cm³/mol. The van der Waals surface area contributed by atoms with E-state index in [1.54, 1.807) is 0 Å². The Kier molecular flexibility index (Phi) is 3.63. The highest BCUT2D eigenvalue weighted by atomic mass is 16.6. The fourth-order valence-corrected chi connectivity index (χ4v) is 2.75. The molecule has 4 heteroatoms. The summed E-state index contributed by atoms with van der Waals surface area (Å²) < 4.78 is 0. The molecule has 1 aromatic rings. The Morgan fingerprint density at radius 3 is 2.26 bits per heavy atom. The molecule has 0 aliphatic carbocycles. The fourth-order valence-electron chi connectivity index (χ4n) is 2.75. The van der Waals surface area contributed by atoms with Crippen molar-refractivity contribution in [3.8, 4) is 0 Å². The van der Waals surface area contributed by atoms with E-state index in [1.165, 1.54) is 5.56 Å². The predicted octanol–water partition coefficient (Wildman–Crippen LogP) is 2.66. The fraction of sp³-hybridized carbons (Fsp3) is 0.600. The lowest BCUT2D eigenvalue weighted by Gasteiger charge is -2.20. The minimum atomic E-state index is -0.481. The van der Waals surface area contributed by atoms with E-state index in [9.17, 15) is 10.1 Å². The van der Waals surface area contributed by atoms with Crippen LogP contribution in [-0.4, -0.2) is 36.0 Å². The van der Waals surface area contributed by atoms with Crippen LogP contribution < -0.4 is 0 Å². The summed E-state index contributed by atoms with van der Waals surface area (Å²) >= 11 is 0. The first kappa shape index (κ1) is 14.0. The lowest BCUT2D eigenvalue weighted by atomic mass is 9.85. The minimum Gasteiger partial charge on any atom is -0.299 e. The van der Waals surface area contributed by atoms with Gasteiger partial charge in [-0.1, -0.05) is 45.0 Å². The lowest BCUT2D eigenvalue weighted by Crippen LogP contribution is -2.27. The van der Waals surface area contributed by atoms with Crippen LogP contribution in [0.4, 0.5) is 0 Å². The van der Waals surface area contributed by atoms with E-state index in [1.807, 2.05) is 11.9 Å². The maximum Gasteiger partial charge on any atom is 0.233 e. The van der Waals surface area contributed by atoms with E-state index >= 15 is 0 Å². The van der Waals surface area contributed by atoms with Gasteiger partial charge in [-0.2, -0.15) is 0 Å². The number of benzene rings is 1. The molecule has 0 N–H and O–H groups in total. The first-order valence-electron chi connectivity index (χ1n) is 6.71. The summed E-state index contributed by atoms with van der Waals surface area (Å²) in [4.78, 5) is 13.0. The summed E-state index contributed by atoms with van der Waals surface area (Å²) in [5.74, 6) is 0.00835. The SMILES string of the molecule is CN1CC(c2ccc(C(C)(C)C)cc2)C([N+](=O)[O-])C1. The molecule has 1 saturated heterocycles. The van der Waals surface area contributed by atoms with Gasteiger partial charge in [-0.25, -0.2) is 0 Å². The second-order valence-electron chi connectivity index (χ2n) is 6.55. The zero-order valence-electron chi connectivity index (χ0n) is 12.1. The molecule has 104 valence electrons. The number of hydrogen-bond acceptors (Lipinski definition) is 3. The lowest BCUT2D eigenvalue weighted by molar-refractivity contribution is -0.521. The highest BCUT2D eigenvalue weighted by Gasteiger charge is 2.40. The molecule has 0 radical (unpaired) electrons. The van der Waals surface area contributed by atoms with Crippen LogP contribution in [0.25, 0.3) is 0 Å². The molecule has 1 fully saturated rings. The van der Waals surface area contributed by atoms with Crippen LogP contribution in [0.15, 0.2) is 24.3 Å². The van der Waals surface area contributed by atoms with Crippen molar-refractivity contribution in [1.29, 1.82) is 0 Å². The first-order valence-corrected chi connectivity index (χ1v) is 6.71. The summed E-state index contributed by atoms with van der Waals surface area (Å²) in [5, 5.41) is 11.1. The van der Waals surface area contributed by atoms with Gasteiger partial charge in [0.25, 0.3) is 0 Å². The van der Waals surface area contributed by atoms with Gasteiger partial charge in [0.05, 0.1) is 12.5 Å². The molecule has 0 aromatic heterocycles. The van der Waals surface area contributed by atoms with Gasteiger partial charge in [0.15, 0.2) is 0 Å². The van der Waals surface area contributed by atoms with E-state index in [0.29, 0.717) is 6.54 Å². The van der Waals surface area contributed by atoms with Crippen molar-refractivity contribution in [3.63, 3.8) is 0 Å². The topological polar surface area (TPSA) is 46.4 Å². The molecule has 4 nitrogen and oxygen atoms in total. The average Bonchev–Trinajstić information content (AvgIpc) is 2.70. The first-order chi connectivity index (χ1) is 8.79. The van der Waals surface area contributed by atoms with Crippen LogP contribution in [-0.2, 0) is 5.41 Å². The van der Waals surface area contributed by atoms with Crippen LogP contribution >= 0.6 is 0 Å². The van der Waals surface area contributed by atoms with Crippen molar-refractivity contribution in [2.24, 2.45) is 0 Å². The normalized spacial score (nSPS) is 24.6. The minimum absolute atomic E-state index is 0.00835. The second-order valence-corrected chi connectivity index (χ2v) is 6.55. The maximum absolute atomic E-state index is 11.1. The number of nitrogens with zero attached hydrogens (tertiary/aromatic N) is 2. The molecule has 1 aromatic carbocycles. The van der Waals surface area contributed by atoms with Crippen LogP contribution in [0.2, 0.25) is 0 Å². The Morgan fingerprint density at radius 2 is 1.79 bits per heavy atom. The van der Waals surface area contributed by atoms with E-state index < -0.39 is 6.04 Å². The summed E-state index contributed by atoms with van der Waals surface area (Å²) in [6.45, 7) is 7.82. The summed E-state index contributed by atoms with van der Waals surface area (Å²) in [6, 6.07) is 7.84. The molecule has 2 rings (SSSR count). The smallest absolute Gasteiger partial charge is 0.233 e.